The molecule has 0 atom stereocenters. The second-order valence-electron chi connectivity index (χ2n) is 5.18. The molecule has 2 heterocycles. The minimum atomic E-state index is -4.46. The molecule has 2 nitrogen and oxygen atoms in total. The highest BCUT2D eigenvalue weighted by Gasteiger charge is 2.38. The van der Waals surface area contributed by atoms with E-state index in [0.717, 1.165) is 0 Å². The Labute approximate surface area is 103 Å². The molecule has 2 rings (SSSR count). The molecule has 96 valence electrons. The molecule has 0 fully saturated rings. The van der Waals surface area contributed by atoms with Crippen molar-refractivity contribution in [3.05, 3.63) is 35.7 Å². The van der Waals surface area contributed by atoms with E-state index in [1.807, 2.05) is 0 Å². The lowest BCUT2D eigenvalue weighted by Gasteiger charge is -2.23. The predicted octanol–water partition coefficient (Wildman–Crippen LogP) is 3.95. The fourth-order valence-electron chi connectivity index (χ4n) is 1.79. The topological polar surface area (TPSA) is 25.8 Å². The summed E-state index contributed by atoms with van der Waals surface area (Å²) in [5, 5.41) is 0.621. The molecule has 0 saturated heterocycles. The number of aromatic nitrogens is 2. The Kier molecular flexibility index (Phi) is 2.80. The molecule has 0 N–H and O–H groups in total. The maximum Gasteiger partial charge on any atom is 0.433 e. The van der Waals surface area contributed by atoms with Crippen LogP contribution in [0.5, 0.6) is 0 Å². The maximum atomic E-state index is 13.0. The van der Waals surface area contributed by atoms with E-state index < -0.39 is 17.3 Å². The summed E-state index contributed by atoms with van der Waals surface area (Å²) in [4.78, 5) is 7.54. The average molecular weight is 254 g/mol. The third-order valence-electron chi connectivity index (χ3n) is 2.67. The van der Waals surface area contributed by atoms with Crippen molar-refractivity contribution in [1.82, 2.24) is 9.97 Å². The van der Waals surface area contributed by atoms with E-state index >= 15 is 0 Å². The zero-order valence-corrected chi connectivity index (χ0v) is 10.3. The van der Waals surface area contributed by atoms with E-state index in [0.29, 0.717) is 5.39 Å². The molecule has 0 aliphatic rings. The zero-order chi connectivity index (χ0) is 13.6. The lowest BCUT2D eigenvalue weighted by Crippen LogP contribution is -2.21. The van der Waals surface area contributed by atoms with Crippen LogP contribution in [-0.2, 0) is 11.6 Å². The summed E-state index contributed by atoms with van der Waals surface area (Å²) >= 11 is 0. The number of alkyl halides is 3. The van der Waals surface area contributed by atoms with Gasteiger partial charge in [-0.1, -0.05) is 20.8 Å². The normalized spacial score (nSPS) is 13.0. The van der Waals surface area contributed by atoms with Crippen LogP contribution < -0.4 is 0 Å². The van der Waals surface area contributed by atoms with Gasteiger partial charge in [0.05, 0.1) is 0 Å². The van der Waals surface area contributed by atoms with E-state index in [1.165, 1.54) is 12.3 Å². The number of rotatable bonds is 0. The Morgan fingerprint density at radius 1 is 1.11 bits per heavy atom. The van der Waals surface area contributed by atoms with Gasteiger partial charge in [0, 0.05) is 11.6 Å². The summed E-state index contributed by atoms with van der Waals surface area (Å²) in [7, 11) is 0. The molecule has 18 heavy (non-hydrogen) atoms. The molecule has 0 aliphatic carbocycles. The van der Waals surface area contributed by atoms with Crippen LogP contribution in [0.15, 0.2) is 24.4 Å². The van der Waals surface area contributed by atoms with Crippen LogP contribution in [0.4, 0.5) is 13.2 Å². The standard InChI is InChI=1S/C13H13F3N2/c1-12(2,3)9-7-8-5-4-6-17-11(8)18-10(9)13(14,15)16/h4-7H,1-3H3. The predicted molar refractivity (Wildman–Crippen MR) is 63.2 cm³/mol. The highest BCUT2D eigenvalue weighted by Crippen LogP contribution is 2.37. The summed E-state index contributed by atoms with van der Waals surface area (Å²) < 4.78 is 39.0. The van der Waals surface area contributed by atoms with Gasteiger partial charge in [0.2, 0.25) is 0 Å². The molecule has 0 unspecified atom stereocenters. The molecule has 0 aromatic carbocycles. The van der Waals surface area contributed by atoms with Crippen molar-refractivity contribution in [2.75, 3.05) is 0 Å². The quantitative estimate of drug-likeness (QED) is 0.711. The minimum absolute atomic E-state index is 0.123. The Morgan fingerprint density at radius 3 is 2.33 bits per heavy atom. The summed E-state index contributed by atoms with van der Waals surface area (Å²) in [6.45, 7) is 5.21. The zero-order valence-electron chi connectivity index (χ0n) is 10.3. The third kappa shape index (κ3) is 2.30. The first-order valence-electron chi connectivity index (χ1n) is 5.53. The Bertz CT molecular complexity index is 530. The summed E-state index contributed by atoms with van der Waals surface area (Å²) in [6, 6.07) is 4.92. The average Bonchev–Trinajstić information content (AvgIpc) is 2.25. The van der Waals surface area contributed by atoms with Gasteiger partial charge in [0.15, 0.2) is 11.3 Å². The van der Waals surface area contributed by atoms with Crippen molar-refractivity contribution in [3.8, 4) is 0 Å². The van der Waals surface area contributed by atoms with E-state index in [4.69, 9.17) is 0 Å². The van der Waals surface area contributed by atoms with Crippen LogP contribution >= 0.6 is 0 Å². The van der Waals surface area contributed by atoms with Crippen LogP contribution in [0.2, 0.25) is 0 Å². The molecular formula is C13H13F3N2. The monoisotopic (exact) mass is 254 g/mol. The largest absolute Gasteiger partial charge is 0.433 e. The Morgan fingerprint density at radius 2 is 1.78 bits per heavy atom. The van der Waals surface area contributed by atoms with E-state index in [2.05, 4.69) is 9.97 Å². The van der Waals surface area contributed by atoms with Gasteiger partial charge in [-0.25, -0.2) is 9.97 Å². The number of hydrogen-bond donors (Lipinski definition) is 0. The van der Waals surface area contributed by atoms with Crippen LogP contribution in [0.3, 0.4) is 0 Å². The molecule has 0 bridgehead atoms. The molecular weight excluding hydrogens is 241 g/mol. The molecule has 0 spiro atoms. The van der Waals surface area contributed by atoms with Gasteiger partial charge in [-0.3, -0.25) is 0 Å². The first kappa shape index (κ1) is 12.8. The van der Waals surface area contributed by atoms with Gasteiger partial charge < -0.3 is 0 Å². The maximum absolute atomic E-state index is 13.0. The number of nitrogens with zero attached hydrogens (tertiary/aromatic N) is 2. The fourth-order valence-corrected chi connectivity index (χ4v) is 1.79. The number of pyridine rings is 2. The third-order valence-corrected chi connectivity index (χ3v) is 2.67. The van der Waals surface area contributed by atoms with Gasteiger partial charge in [-0.05, 0) is 29.2 Å². The van der Waals surface area contributed by atoms with E-state index in [9.17, 15) is 13.2 Å². The summed E-state index contributed by atoms with van der Waals surface area (Å²) in [6.07, 6.45) is -3.03. The lowest BCUT2D eigenvalue weighted by atomic mass is 9.85. The van der Waals surface area contributed by atoms with Crippen LogP contribution in [0.1, 0.15) is 32.0 Å². The van der Waals surface area contributed by atoms with Gasteiger partial charge >= 0.3 is 6.18 Å². The van der Waals surface area contributed by atoms with Crippen molar-refractivity contribution in [1.29, 1.82) is 0 Å². The number of hydrogen-bond acceptors (Lipinski definition) is 2. The Balaban J connectivity index is 2.81. The van der Waals surface area contributed by atoms with E-state index in [-0.39, 0.29) is 11.2 Å². The lowest BCUT2D eigenvalue weighted by molar-refractivity contribution is -0.142. The van der Waals surface area contributed by atoms with Crippen molar-refractivity contribution in [2.45, 2.75) is 32.4 Å². The highest BCUT2D eigenvalue weighted by atomic mass is 19.4. The van der Waals surface area contributed by atoms with Crippen molar-refractivity contribution in [2.24, 2.45) is 0 Å². The molecule has 0 radical (unpaired) electrons. The molecule has 0 saturated carbocycles. The second kappa shape index (κ2) is 3.93. The highest BCUT2D eigenvalue weighted by molar-refractivity contribution is 5.76. The molecule has 2 aromatic rings. The Hall–Kier alpha value is -1.65. The smallest absolute Gasteiger partial charge is 0.237 e. The van der Waals surface area contributed by atoms with Crippen LogP contribution in [0.25, 0.3) is 11.0 Å². The first-order chi connectivity index (χ1) is 8.19. The number of fused-ring (bicyclic) bond motifs is 1. The van der Waals surface area contributed by atoms with Crippen molar-refractivity contribution < 1.29 is 13.2 Å². The molecule has 0 aliphatic heterocycles. The minimum Gasteiger partial charge on any atom is -0.237 e. The van der Waals surface area contributed by atoms with Gasteiger partial charge in [0.25, 0.3) is 0 Å². The second-order valence-corrected chi connectivity index (χ2v) is 5.18. The molecule has 5 heteroatoms. The van der Waals surface area contributed by atoms with Crippen molar-refractivity contribution in [3.63, 3.8) is 0 Å². The van der Waals surface area contributed by atoms with Crippen LogP contribution in [0, 0.1) is 0 Å². The molecule has 2 aromatic heterocycles. The van der Waals surface area contributed by atoms with E-state index in [1.54, 1.807) is 32.9 Å². The van der Waals surface area contributed by atoms with Crippen molar-refractivity contribution >= 4 is 11.0 Å². The van der Waals surface area contributed by atoms with Gasteiger partial charge in [-0.15, -0.1) is 0 Å². The summed E-state index contributed by atoms with van der Waals surface area (Å²) in [5.41, 5.74) is -1.16. The van der Waals surface area contributed by atoms with Crippen LogP contribution in [-0.4, -0.2) is 9.97 Å². The molecule has 0 amide bonds. The van der Waals surface area contributed by atoms with Gasteiger partial charge in [0.1, 0.15) is 0 Å². The first-order valence-corrected chi connectivity index (χ1v) is 5.53. The summed E-state index contributed by atoms with van der Waals surface area (Å²) in [5.74, 6) is 0. The SMILES string of the molecule is CC(C)(C)c1cc2cccnc2nc1C(F)(F)F. The number of halogens is 3. The fraction of sp³-hybridized carbons (Fsp3) is 0.385. The van der Waals surface area contributed by atoms with Gasteiger partial charge in [-0.2, -0.15) is 13.2 Å².